The predicted octanol–water partition coefficient (Wildman–Crippen LogP) is 2.93. The number of carbonyl (C=O) groups excluding carboxylic acids is 1. The number of ether oxygens (including phenoxy) is 1. The number of aromatic nitrogens is 1. The molecule has 2 N–H and O–H groups in total. The van der Waals surface area contributed by atoms with E-state index >= 15 is 0 Å². The van der Waals surface area contributed by atoms with Crippen molar-refractivity contribution in [2.75, 3.05) is 17.7 Å². The van der Waals surface area contributed by atoms with Crippen molar-refractivity contribution in [2.45, 2.75) is 26.4 Å². The molecule has 0 aromatic carbocycles. The van der Waals surface area contributed by atoms with Gasteiger partial charge in [-0.15, -0.1) is 11.3 Å². The Balaban J connectivity index is 2.37. The van der Waals surface area contributed by atoms with Crippen LogP contribution in [0.3, 0.4) is 0 Å². The summed E-state index contributed by atoms with van der Waals surface area (Å²) >= 11 is 1.68. The minimum absolute atomic E-state index is 0.204. The number of thiophene rings is 1. The SMILES string of the molecule is COC(=O)c1ccc(N)c(N(Cc2cccs2)C(C)C)n1. The highest BCUT2D eigenvalue weighted by Crippen LogP contribution is 2.26. The molecule has 6 heteroatoms. The van der Waals surface area contributed by atoms with Crippen LogP contribution >= 0.6 is 11.3 Å². The van der Waals surface area contributed by atoms with E-state index in [0.29, 0.717) is 18.1 Å². The number of hydrogen-bond donors (Lipinski definition) is 1. The molecule has 21 heavy (non-hydrogen) atoms. The lowest BCUT2D eigenvalue weighted by Crippen LogP contribution is -2.31. The van der Waals surface area contributed by atoms with Crippen LogP contribution < -0.4 is 10.6 Å². The minimum atomic E-state index is -0.462. The molecule has 2 heterocycles. The first kappa shape index (κ1) is 15.3. The smallest absolute Gasteiger partial charge is 0.356 e. The summed E-state index contributed by atoms with van der Waals surface area (Å²) in [6, 6.07) is 7.56. The van der Waals surface area contributed by atoms with E-state index in [0.717, 1.165) is 0 Å². The zero-order valence-corrected chi connectivity index (χ0v) is 13.2. The Labute approximate surface area is 128 Å². The van der Waals surface area contributed by atoms with Gasteiger partial charge in [-0.3, -0.25) is 0 Å². The van der Waals surface area contributed by atoms with E-state index in [-0.39, 0.29) is 11.7 Å². The standard InChI is InChI=1S/C15H19N3O2S/c1-10(2)18(9-11-5-4-8-21-11)14-12(16)6-7-13(17-14)15(19)20-3/h4-8,10H,9,16H2,1-3H3. The third-order valence-electron chi connectivity index (χ3n) is 3.10. The fourth-order valence-corrected chi connectivity index (χ4v) is 2.68. The topological polar surface area (TPSA) is 68.5 Å². The summed E-state index contributed by atoms with van der Waals surface area (Å²) in [7, 11) is 1.34. The van der Waals surface area contributed by atoms with Crippen LogP contribution in [0.25, 0.3) is 0 Å². The second-order valence-electron chi connectivity index (χ2n) is 4.90. The molecule has 0 spiro atoms. The summed E-state index contributed by atoms with van der Waals surface area (Å²) < 4.78 is 4.72. The predicted molar refractivity (Wildman–Crippen MR) is 85.6 cm³/mol. The number of rotatable bonds is 5. The maximum atomic E-state index is 11.6. The summed E-state index contributed by atoms with van der Waals surface area (Å²) in [5, 5.41) is 2.04. The van der Waals surface area contributed by atoms with Crippen molar-refractivity contribution >= 4 is 28.8 Å². The Bertz CT molecular complexity index is 611. The minimum Gasteiger partial charge on any atom is -0.464 e. The number of nitrogens with two attached hydrogens (primary N) is 1. The molecule has 0 saturated carbocycles. The van der Waals surface area contributed by atoms with Gasteiger partial charge in [-0.1, -0.05) is 6.07 Å². The number of nitrogen functional groups attached to an aromatic ring is 1. The first-order chi connectivity index (χ1) is 10.0. The second kappa shape index (κ2) is 6.58. The molecule has 2 aromatic heterocycles. The molecule has 0 aliphatic heterocycles. The molecule has 2 aromatic rings. The van der Waals surface area contributed by atoms with Crippen molar-refractivity contribution < 1.29 is 9.53 Å². The average molecular weight is 305 g/mol. The highest BCUT2D eigenvalue weighted by atomic mass is 32.1. The Morgan fingerprint density at radius 1 is 1.43 bits per heavy atom. The van der Waals surface area contributed by atoms with Crippen LogP contribution in [0.15, 0.2) is 29.6 Å². The van der Waals surface area contributed by atoms with Crippen LogP contribution in [-0.2, 0) is 11.3 Å². The quantitative estimate of drug-likeness (QED) is 0.860. The summed E-state index contributed by atoms with van der Waals surface area (Å²) in [6.45, 7) is 4.84. The monoisotopic (exact) mass is 305 g/mol. The third kappa shape index (κ3) is 3.52. The molecular weight excluding hydrogens is 286 g/mol. The number of methoxy groups -OCH3 is 1. The van der Waals surface area contributed by atoms with Gasteiger partial charge in [-0.05, 0) is 37.4 Å². The third-order valence-corrected chi connectivity index (χ3v) is 3.96. The molecule has 0 atom stereocenters. The molecule has 2 rings (SSSR count). The summed E-state index contributed by atoms with van der Waals surface area (Å²) in [6.07, 6.45) is 0. The van der Waals surface area contributed by atoms with Crippen LogP contribution in [0, 0.1) is 0 Å². The van der Waals surface area contributed by atoms with Crippen molar-refractivity contribution in [1.82, 2.24) is 4.98 Å². The first-order valence-electron chi connectivity index (χ1n) is 6.66. The van der Waals surface area contributed by atoms with Crippen LogP contribution in [0.5, 0.6) is 0 Å². The Morgan fingerprint density at radius 3 is 2.76 bits per heavy atom. The normalized spacial score (nSPS) is 10.7. The van der Waals surface area contributed by atoms with E-state index in [1.807, 2.05) is 11.4 Å². The maximum absolute atomic E-state index is 11.6. The zero-order valence-electron chi connectivity index (χ0n) is 12.4. The van der Waals surface area contributed by atoms with Crippen molar-refractivity contribution in [3.8, 4) is 0 Å². The van der Waals surface area contributed by atoms with Gasteiger partial charge in [0.1, 0.15) is 0 Å². The van der Waals surface area contributed by atoms with Gasteiger partial charge >= 0.3 is 5.97 Å². The molecule has 0 saturated heterocycles. The van der Waals surface area contributed by atoms with Gasteiger partial charge in [0.2, 0.25) is 0 Å². The van der Waals surface area contributed by atoms with Crippen LogP contribution in [0.1, 0.15) is 29.2 Å². The van der Waals surface area contributed by atoms with Crippen LogP contribution in [0.2, 0.25) is 0 Å². The molecule has 0 radical (unpaired) electrons. The van der Waals surface area contributed by atoms with Gasteiger partial charge in [-0.2, -0.15) is 0 Å². The van der Waals surface area contributed by atoms with Crippen LogP contribution in [0.4, 0.5) is 11.5 Å². The molecule has 5 nitrogen and oxygen atoms in total. The lowest BCUT2D eigenvalue weighted by molar-refractivity contribution is 0.0594. The van der Waals surface area contributed by atoms with E-state index in [9.17, 15) is 4.79 Å². The molecule has 0 aliphatic rings. The lowest BCUT2D eigenvalue weighted by atomic mass is 10.2. The number of anilines is 2. The Morgan fingerprint density at radius 2 is 2.19 bits per heavy atom. The van der Waals surface area contributed by atoms with Gasteiger partial charge in [0.15, 0.2) is 11.5 Å². The molecule has 0 unspecified atom stereocenters. The largest absolute Gasteiger partial charge is 0.464 e. The average Bonchev–Trinajstić information content (AvgIpc) is 2.97. The van der Waals surface area contributed by atoms with E-state index < -0.39 is 5.97 Å². The van der Waals surface area contributed by atoms with Crippen LogP contribution in [-0.4, -0.2) is 24.1 Å². The van der Waals surface area contributed by atoms with Gasteiger partial charge in [-0.25, -0.2) is 9.78 Å². The van der Waals surface area contributed by atoms with E-state index in [2.05, 4.69) is 29.8 Å². The maximum Gasteiger partial charge on any atom is 0.356 e. The van der Waals surface area contributed by atoms with E-state index in [4.69, 9.17) is 10.5 Å². The summed E-state index contributed by atoms with van der Waals surface area (Å²) in [5.41, 5.74) is 6.86. The molecule has 0 aliphatic carbocycles. The van der Waals surface area contributed by atoms with Gasteiger partial charge in [0.05, 0.1) is 19.3 Å². The number of nitrogens with zero attached hydrogens (tertiary/aromatic N) is 2. The Kier molecular flexibility index (Phi) is 4.80. The van der Waals surface area contributed by atoms with Crippen molar-refractivity contribution in [3.05, 3.63) is 40.2 Å². The Hall–Kier alpha value is -2.08. The summed E-state index contributed by atoms with van der Waals surface area (Å²) in [4.78, 5) is 19.3. The number of pyridine rings is 1. The fraction of sp³-hybridized carbons (Fsp3) is 0.333. The molecule has 0 bridgehead atoms. The summed E-state index contributed by atoms with van der Waals surface area (Å²) in [5.74, 6) is 0.150. The highest BCUT2D eigenvalue weighted by molar-refractivity contribution is 7.09. The van der Waals surface area contributed by atoms with Gasteiger partial charge in [0.25, 0.3) is 0 Å². The van der Waals surface area contributed by atoms with Crippen molar-refractivity contribution in [3.63, 3.8) is 0 Å². The second-order valence-corrected chi connectivity index (χ2v) is 5.93. The van der Waals surface area contributed by atoms with Gasteiger partial charge < -0.3 is 15.4 Å². The number of hydrogen-bond acceptors (Lipinski definition) is 6. The van der Waals surface area contributed by atoms with E-state index in [1.54, 1.807) is 23.5 Å². The molecule has 0 amide bonds. The highest BCUT2D eigenvalue weighted by Gasteiger charge is 2.18. The lowest BCUT2D eigenvalue weighted by Gasteiger charge is -2.28. The van der Waals surface area contributed by atoms with Crippen molar-refractivity contribution in [2.24, 2.45) is 0 Å². The molecule has 112 valence electrons. The first-order valence-corrected chi connectivity index (χ1v) is 7.54. The molecular formula is C15H19N3O2S. The number of carbonyl (C=O) groups is 1. The van der Waals surface area contributed by atoms with Gasteiger partial charge in [0, 0.05) is 10.9 Å². The number of esters is 1. The fourth-order valence-electron chi connectivity index (χ4n) is 1.98. The van der Waals surface area contributed by atoms with Crippen molar-refractivity contribution in [1.29, 1.82) is 0 Å². The molecule has 0 fully saturated rings. The van der Waals surface area contributed by atoms with E-state index in [1.165, 1.54) is 12.0 Å². The zero-order chi connectivity index (χ0) is 15.4.